The zero-order valence-electron chi connectivity index (χ0n) is 12.1. The summed E-state index contributed by atoms with van der Waals surface area (Å²) in [5, 5.41) is 10.7. The number of carbonyl (C=O) groups excluding carboxylic acids is 1. The number of rotatable bonds is 4. The molecule has 1 aliphatic rings. The molecule has 0 unspecified atom stereocenters. The van der Waals surface area contributed by atoms with Crippen molar-refractivity contribution in [1.29, 1.82) is 0 Å². The second kappa shape index (κ2) is 5.62. The second-order valence-corrected chi connectivity index (χ2v) is 7.10. The molecule has 3 rings (SSSR count). The van der Waals surface area contributed by atoms with Crippen molar-refractivity contribution in [2.24, 2.45) is 10.5 Å². The van der Waals surface area contributed by atoms with Crippen LogP contribution in [0.25, 0.3) is 11.3 Å². The number of nitrogens with one attached hydrogen (secondary N) is 2. The SMILES string of the molecule is C[C@]1(C(=O)N/N=C\c2cn[nH]c2-c2ccc(F)cc2)CC1(Cl)Cl. The van der Waals surface area contributed by atoms with Crippen molar-refractivity contribution in [2.45, 2.75) is 17.7 Å². The molecule has 23 heavy (non-hydrogen) atoms. The van der Waals surface area contributed by atoms with Crippen molar-refractivity contribution in [3.63, 3.8) is 0 Å². The van der Waals surface area contributed by atoms with Crippen LogP contribution >= 0.6 is 23.2 Å². The lowest BCUT2D eigenvalue weighted by molar-refractivity contribution is -0.125. The molecule has 0 bridgehead atoms. The number of aromatic amines is 1. The van der Waals surface area contributed by atoms with Crippen LogP contribution in [0.1, 0.15) is 18.9 Å². The maximum Gasteiger partial charge on any atom is 0.249 e. The van der Waals surface area contributed by atoms with Gasteiger partial charge in [0.05, 0.1) is 23.5 Å². The van der Waals surface area contributed by atoms with Gasteiger partial charge in [-0.25, -0.2) is 9.82 Å². The Labute approximate surface area is 141 Å². The molecule has 0 radical (unpaired) electrons. The van der Waals surface area contributed by atoms with Crippen molar-refractivity contribution in [2.75, 3.05) is 0 Å². The van der Waals surface area contributed by atoms with Gasteiger partial charge < -0.3 is 0 Å². The van der Waals surface area contributed by atoms with Crippen molar-refractivity contribution in [1.82, 2.24) is 15.6 Å². The fourth-order valence-electron chi connectivity index (χ4n) is 2.17. The Bertz CT molecular complexity index is 772. The van der Waals surface area contributed by atoms with E-state index in [1.54, 1.807) is 25.3 Å². The van der Waals surface area contributed by atoms with Gasteiger partial charge in [0, 0.05) is 11.1 Å². The van der Waals surface area contributed by atoms with E-state index in [0.717, 1.165) is 5.56 Å². The van der Waals surface area contributed by atoms with Gasteiger partial charge in [0.15, 0.2) is 0 Å². The topological polar surface area (TPSA) is 70.1 Å². The van der Waals surface area contributed by atoms with Gasteiger partial charge in [-0.3, -0.25) is 9.89 Å². The molecule has 120 valence electrons. The molecular weight excluding hydrogens is 342 g/mol. The third-order valence-electron chi connectivity index (χ3n) is 3.93. The Kier molecular flexibility index (Phi) is 3.90. The van der Waals surface area contributed by atoms with Gasteiger partial charge >= 0.3 is 0 Å². The molecule has 1 amide bonds. The molecule has 1 fully saturated rings. The minimum atomic E-state index is -1.04. The van der Waals surface area contributed by atoms with E-state index in [1.807, 2.05) is 0 Å². The minimum Gasteiger partial charge on any atom is -0.277 e. The summed E-state index contributed by atoms with van der Waals surface area (Å²) in [6, 6.07) is 5.96. The molecule has 1 heterocycles. The summed E-state index contributed by atoms with van der Waals surface area (Å²) in [5.41, 5.74) is 3.68. The van der Waals surface area contributed by atoms with Gasteiger partial charge in [-0.2, -0.15) is 10.2 Å². The number of hydrazone groups is 1. The molecule has 8 heteroatoms. The predicted octanol–water partition coefficient (Wildman–Crippen LogP) is 3.25. The van der Waals surface area contributed by atoms with Crippen LogP contribution in [-0.2, 0) is 4.79 Å². The standard InChI is InChI=1S/C15H13Cl2FN4O/c1-14(8-15(14,16)17)13(23)22-20-7-10-6-19-21-12(10)9-2-4-11(18)5-3-9/h2-7H,8H2,1H3,(H,19,21)(H,22,23)/b20-7-/t14-/m1/s1. The molecule has 0 aliphatic heterocycles. The number of carbonyl (C=O) groups is 1. The highest BCUT2D eigenvalue weighted by molar-refractivity contribution is 6.53. The van der Waals surface area contributed by atoms with Crippen molar-refractivity contribution < 1.29 is 9.18 Å². The smallest absolute Gasteiger partial charge is 0.249 e. The van der Waals surface area contributed by atoms with E-state index < -0.39 is 9.75 Å². The van der Waals surface area contributed by atoms with E-state index in [4.69, 9.17) is 23.2 Å². The Hall–Kier alpha value is -1.92. The first kappa shape index (κ1) is 16.0. The Morgan fingerprint density at radius 3 is 2.70 bits per heavy atom. The average molecular weight is 355 g/mol. The summed E-state index contributed by atoms with van der Waals surface area (Å²) in [5.74, 6) is -0.662. The van der Waals surface area contributed by atoms with Crippen LogP contribution in [0.15, 0.2) is 35.6 Å². The molecule has 5 nitrogen and oxygen atoms in total. The molecule has 1 saturated carbocycles. The summed E-state index contributed by atoms with van der Waals surface area (Å²) in [4.78, 5) is 12.0. The van der Waals surface area contributed by atoms with E-state index in [2.05, 4.69) is 20.7 Å². The van der Waals surface area contributed by atoms with Crippen LogP contribution in [0.5, 0.6) is 0 Å². The van der Waals surface area contributed by atoms with Crippen molar-refractivity contribution in [3.05, 3.63) is 41.8 Å². The van der Waals surface area contributed by atoms with Crippen LogP contribution in [0, 0.1) is 11.2 Å². The minimum absolute atomic E-state index is 0.320. The molecule has 1 atom stereocenters. The predicted molar refractivity (Wildman–Crippen MR) is 86.9 cm³/mol. The molecule has 1 aromatic carbocycles. The van der Waals surface area contributed by atoms with Crippen LogP contribution in [-0.4, -0.2) is 26.7 Å². The quantitative estimate of drug-likeness (QED) is 0.502. The lowest BCUT2D eigenvalue weighted by Crippen LogP contribution is -2.29. The van der Waals surface area contributed by atoms with Gasteiger partial charge in [-0.15, -0.1) is 23.2 Å². The highest BCUT2D eigenvalue weighted by atomic mass is 35.5. The third kappa shape index (κ3) is 2.96. The van der Waals surface area contributed by atoms with Gasteiger partial charge in [0.25, 0.3) is 0 Å². The Morgan fingerprint density at radius 1 is 1.43 bits per heavy atom. The zero-order chi connectivity index (χ0) is 16.7. The highest BCUT2D eigenvalue weighted by Crippen LogP contribution is 2.63. The zero-order valence-corrected chi connectivity index (χ0v) is 13.6. The number of nitrogens with zero attached hydrogens (tertiary/aromatic N) is 2. The van der Waals surface area contributed by atoms with Gasteiger partial charge in [-0.1, -0.05) is 0 Å². The van der Waals surface area contributed by atoms with E-state index in [0.29, 0.717) is 17.7 Å². The van der Waals surface area contributed by atoms with Gasteiger partial charge in [-0.05, 0) is 37.6 Å². The van der Waals surface area contributed by atoms with E-state index in [9.17, 15) is 9.18 Å². The maximum atomic E-state index is 13.0. The first-order valence-electron chi connectivity index (χ1n) is 6.84. The van der Waals surface area contributed by atoms with Crippen LogP contribution in [0.3, 0.4) is 0 Å². The largest absolute Gasteiger partial charge is 0.277 e. The Morgan fingerprint density at radius 2 is 2.09 bits per heavy atom. The number of H-pyrrole nitrogens is 1. The molecule has 1 aliphatic carbocycles. The molecule has 2 N–H and O–H groups in total. The second-order valence-electron chi connectivity index (χ2n) is 5.62. The summed E-state index contributed by atoms with van der Waals surface area (Å²) in [6.45, 7) is 1.68. The average Bonchev–Trinajstić information content (AvgIpc) is 2.86. The summed E-state index contributed by atoms with van der Waals surface area (Å²) in [6.07, 6.45) is 3.40. The molecule has 0 saturated heterocycles. The first-order chi connectivity index (χ1) is 10.8. The number of amides is 1. The van der Waals surface area contributed by atoms with Crippen LogP contribution in [0.2, 0.25) is 0 Å². The van der Waals surface area contributed by atoms with Crippen LogP contribution < -0.4 is 5.43 Å². The van der Waals surface area contributed by atoms with Gasteiger partial charge in [0.1, 0.15) is 10.2 Å². The summed E-state index contributed by atoms with van der Waals surface area (Å²) >= 11 is 11.9. The highest BCUT2D eigenvalue weighted by Gasteiger charge is 2.68. The lowest BCUT2D eigenvalue weighted by atomic mass is 10.1. The maximum absolute atomic E-state index is 13.0. The van der Waals surface area contributed by atoms with E-state index in [1.165, 1.54) is 18.3 Å². The van der Waals surface area contributed by atoms with E-state index in [-0.39, 0.29) is 11.7 Å². The van der Waals surface area contributed by atoms with Gasteiger partial charge in [0.2, 0.25) is 5.91 Å². The number of aromatic nitrogens is 2. The van der Waals surface area contributed by atoms with Crippen molar-refractivity contribution >= 4 is 35.3 Å². The summed E-state index contributed by atoms with van der Waals surface area (Å²) in [7, 11) is 0. The number of hydrogen-bond donors (Lipinski definition) is 2. The normalized spacial score (nSPS) is 22.3. The monoisotopic (exact) mass is 354 g/mol. The number of alkyl halides is 2. The van der Waals surface area contributed by atoms with Crippen molar-refractivity contribution in [3.8, 4) is 11.3 Å². The summed E-state index contributed by atoms with van der Waals surface area (Å²) < 4.78 is 11.9. The fraction of sp³-hybridized carbons (Fsp3) is 0.267. The molecule has 2 aromatic rings. The fourth-order valence-corrected chi connectivity index (χ4v) is 2.88. The molecule has 1 aromatic heterocycles. The molecule has 0 spiro atoms. The third-order valence-corrected chi connectivity index (χ3v) is 5.03. The molecular formula is C15H13Cl2FN4O. The number of hydrogen-bond acceptors (Lipinski definition) is 3. The van der Waals surface area contributed by atoms with E-state index >= 15 is 0 Å². The lowest BCUT2D eigenvalue weighted by Gasteiger charge is -2.08. The number of benzene rings is 1. The van der Waals surface area contributed by atoms with Crippen LogP contribution in [0.4, 0.5) is 4.39 Å². The number of halogens is 3. The Balaban J connectivity index is 1.71. The first-order valence-corrected chi connectivity index (χ1v) is 7.60.